The number of nitrogens with zero attached hydrogens (tertiary/aromatic N) is 1. The van der Waals surface area contributed by atoms with Gasteiger partial charge in [-0.05, 0) is 49.4 Å². The van der Waals surface area contributed by atoms with Crippen LogP contribution < -0.4 is 0 Å². The largest absolute Gasteiger partial charge is 0.462 e. The van der Waals surface area contributed by atoms with Crippen molar-refractivity contribution >= 4 is 5.97 Å². The number of halogens is 3. The highest BCUT2D eigenvalue weighted by atomic mass is 19.4. The number of esters is 1. The molecule has 0 N–H and O–H groups in total. The van der Waals surface area contributed by atoms with Crippen molar-refractivity contribution in [3.05, 3.63) is 53.7 Å². The predicted molar refractivity (Wildman–Crippen MR) is 131 cm³/mol. The third-order valence-corrected chi connectivity index (χ3v) is 6.13. The summed E-state index contributed by atoms with van der Waals surface area (Å²) in [5.41, 5.74) is 3.23. The third-order valence-electron chi connectivity index (χ3n) is 6.13. The van der Waals surface area contributed by atoms with Crippen molar-refractivity contribution < 1.29 is 22.7 Å². The zero-order chi connectivity index (χ0) is 24.8. The maximum atomic E-state index is 13.1. The molecule has 0 spiro atoms. The van der Waals surface area contributed by atoms with Gasteiger partial charge in [0.05, 0.1) is 23.8 Å². The number of ether oxygens (including phenoxy) is 1. The van der Waals surface area contributed by atoms with Crippen molar-refractivity contribution in [2.24, 2.45) is 5.92 Å². The fourth-order valence-corrected chi connectivity index (χ4v) is 3.93. The first kappa shape index (κ1) is 27.9. The Labute approximate surface area is 202 Å². The zero-order valence-electron chi connectivity index (χ0n) is 20.5. The third kappa shape index (κ3) is 9.86. The van der Waals surface area contributed by atoms with E-state index in [4.69, 9.17) is 4.74 Å². The number of aryl methyl sites for hydroxylation is 1. The first-order valence-electron chi connectivity index (χ1n) is 12.6. The fraction of sp³-hybridized carbons (Fsp3) is 0.571. The maximum Gasteiger partial charge on any atom is 0.391 e. The highest BCUT2D eigenvalue weighted by Crippen LogP contribution is 2.32. The Morgan fingerprint density at radius 2 is 1.56 bits per heavy atom. The van der Waals surface area contributed by atoms with Gasteiger partial charge in [-0.25, -0.2) is 4.79 Å². The molecule has 0 fully saturated rings. The molecule has 1 heterocycles. The zero-order valence-corrected chi connectivity index (χ0v) is 20.5. The lowest BCUT2D eigenvalue weighted by molar-refractivity contribution is -0.180. The molecule has 1 atom stereocenters. The van der Waals surface area contributed by atoms with E-state index < -0.39 is 18.1 Å². The summed E-state index contributed by atoms with van der Waals surface area (Å²) in [6.07, 6.45) is 7.32. The van der Waals surface area contributed by atoms with Crippen LogP contribution in [0.4, 0.5) is 13.2 Å². The van der Waals surface area contributed by atoms with Crippen LogP contribution >= 0.6 is 0 Å². The number of alkyl halides is 3. The number of pyridine rings is 1. The minimum atomic E-state index is -4.26. The summed E-state index contributed by atoms with van der Waals surface area (Å²) in [5.74, 6) is -2.04. The summed E-state index contributed by atoms with van der Waals surface area (Å²) < 4.78 is 44.4. The van der Waals surface area contributed by atoms with E-state index in [1.54, 1.807) is 24.3 Å². The molecule has 0 aliphatic heterocycles. The second-order valence-electron chi connectivity index (χ2n) is 8.95. The molecule has 2 aromatic rings. The number of carbonyl (C=O) groups is 1. The molecule has 0 aliphatic carbocycles. The lowest BCUT2D eigenvalue weighted by Crippen LogP contribution is -2.25. The van der Waals surface area contributed by atoms with Gasteiger partial charge in [0.25, 0.3) is 0 Å². The highest BCUT2D eigenvalue weighted by molar-refractivity contribution is 5.90. The second-order valence-corrected chi connectivity index (χ2v) is 8.95. The van der Waals surface area contributed by atoms with Crippen molar-refractivity contribution in [1.82, 2.24) is 4.98 Å². The van der Waals surface area contributed by atoms with Gasteiger partial charge in [0.15, 0.2) is 0 Å². The average Bonchev–Trinajstić information content (AvgIpc) is 2.83. The van der Waals surface area contributed by atoms with Gasteiger partial charge < -0.3 is 4.74 Å². The molecule has 0 bridgehead atoms. The Kier molecular flexibility index (Phi) is 12.1. The maximum absolute atomic E-state index is 13.1. The number of rotatable bonds is 15. The van der Waals surface area contributed by atoms with Crippen molar-refractivity contribution in [3.63, 3.8) is 0 Å². The van der Waals surface area contributed by atoms with Gasteiger partial charge in [-0.15, -0.1) is 0 Å². The van der Waals surface area contributed by atoms with Crippen molar-refractivity contribution in [1.29, 1.82) is 0 Å². The second kappa shape index (κ2) is 14.8. The molecular weight excluding hydrogens is 439 g/mol. The van der Waals surface area contributed by atoms with Crippen LogP contribution in [0.15, 0.2) is 42.6 Å². The Morgan fingerprint density at radius 3 is 2.18 bits per heavy atom. The Hall–Kier alpha value is -2.37. The minimum absolute atomic E-state index is 0.0665. The molecule has 34 heavy (non-hydrogen) atoms. The summed E-state index contributed by atoms with van der Waals surface area (Å²) in [6, 6.07) is 10.9. The highest BCUT2D eigenvalue weighted by Gasteiger charge is 2.38. The topological polar surface area (TPSA) is 39.2 Å². The van der Waals surface area contributed by atoms with E-state index in [2.05, 4.69) is 18.0 Å². The van der Waals surface area contributed by atoms with E-state index in [0.717, 1.165) is 17.7 Å². The van der Waals surface area contributed by atoms with E-state index >= 15 is 0 Å². The Bertz CT molecular complexity index is 832. The van der Waals surface area contributed by atoms with Gasteiger partial charge in [0, 0.05) is 11.8 Å². The summed E-state index contributed by atoms with van der Waals surface area (Å²) in [7, 11) is 0. The molecule has 1 aromatic heterocycles. The number of aromatic nitrogens is 1. The number of unbranched alkanes of at least 4 members (excludes halogenated alkanes) is 6. The van der Waals surface area contributed by atoms with Crippen molar-refractivity contribution in [2.45, 2.75) is 90.7 Å². The number of hydrogen-bond donors (Lipinski definition) is 0. The van der Waals surface area contributed by atoms with Crippen LogP contribution in [0.25, 0.3) is 11.3 Å². The van der Waals surface area contributed by atoms with Crippen molar-refractivity contribution in [2.75, 3.05) is 6.61 Å². The number of carbonyl (C=O) groups excluding carboxylic acids is 1. The van der Waals surface area contributed by atoms with Crippen LogP contribution in [0.3, 0.4) is 0 Å². The van der Waals surface area contributed by atoms with Crippen LogP contribution in [0.5, 0.6) is 0 Å². The van der Waals surface area contributed by atoms with E-state index in [1.165, 1.54) is 44.1 Å². The van der Waals surface area contributed by atoms with Crippen LogP contribution in [0.2, 0.25) is 0 Å². The molecule has 0 saturated carbocycles. The van der Waals surface area contributed by atoms with E-state index in [-0.39, 0.29) is 19.4 Å². The lowest BCUT2D eigenvalue weighted by atomic mass is 9.98. The van der Waals surface area contributed by atoms with Gasteiger partial charge in [0.1, 0.15) is 0 Å². The summed E-state index contributed by atoms with van der Waals surface area (Å²) in [4.78, 5) is 16.8. The van der Waals surface area contributed by atoms with E-state index in [1.807, 2.05) is 19.2 Å². The summed E-state index contributed by atoms with van der Waals surface area (Å²) in [5, 5.41) is 0. The summed E-state index contributed by atoms with van der Waals surface area (Å²) in [6.45, 7) is 3.84. The number of benzene rings is 1. The molecular formula is C28H38F3NO2. The predicted octanol–water partition coefficient (Wildman–Crippen LogP) is 8.57. The minimum Gasteiger partial charge on any atom is -0.462 e. The monoisotopic (exact) mass is 477 g/mol. The quantitative estimate of drug-likeness (QED) is 0.190. The smallest absolute Gasteiger partial charge is 0.391 e. The fourth-order valence-electron chi connectivity index (χ4n) is 3.93. The van der Waals surface area contributed by atoms with Crippen molar-refractivity contribution in [3.8, 4) is 11.3 Å². The molecule has 6 heteroatoms. The first-order chi connectivity index (χ1) is 16.3. The Morgan fingerprint density at radius 1 is 0.882 bits per heavy atom. The average molecular weight is 478 g/mol. The van der Waals surface area contributed by atoms with Crippen LogP contribution in [0.1, 0.15) is 94.0 Å². The van der Waals surface area contributed by atoms with Gasteiger partial charge in [-0.1, -0.05) is 77.0 Å². The molecule has 3 nitrogen and oxygen atoms in total. The van der Waals surface area contributed by atoms with Crippen LogP contribution in [0, 0.1) is 5.92 Å². The molecule has 2 rings (SSSR count). The van der Waals surface area contributed by atoms with Crippen LogP contribution in [-0.2, 0) is 11.2 Å². The molecule has 1 aromatic carbocycles. The standard InChI is InChI=1S/C28H38F3NO2/c1-3-5-7-8-9-10-11-22-13-18-26(32-21-22)23-14-16-24(17-15-23)27(33)34-20-19-25(12-6-4-2)28(29,30)31/h13-18,21,25H,3-12,19-20H2,1-2H3. The molecule has 0 aliphatic rings. The van der Waals surface area contributed by atoms with Crippen LogP contribution in [-0.4, -0.2) is 23.7 Å². The first-order valence-corrected chi connectivity index (χ1v) is 12.6. The Balaban J connectivity index is 1.82. The molecule has 1 unspecified atom stereocenters. The van der Waals surface area contributed by atoms with Gasteiger partial charge in [-0.3, -0.25) is 4.98 Å². The lowest BCUT2D eigenvalue weighted by Gasteiger charge is -2.19. The van der Waals surface area contributed by atoms with Gasteiger partial charge in [-0.2, -0.15) is 13.2 Å². The molecule has 188 valence electrons. The number of hydrogen-bond acceptors (Lipinski definition) is 3. The molecule has 0 saturated heterocycles. The summed E-state index contributed by atoms with van der Waals surface area (Å²) >= 11 is 0. The normalized spacial score (nSPS) is 12.5. The van der Waals surface area contributed by atoms with E-state index in [9.17, 15) is 18.0 Å². The van der Waals surface area contributed by atoms with Gasteiger partial charge >= 0.3 is 12.1 Å². The molecule has 0 radical (unpaired) electrons. The molecule has 0 amide bonds. The van der Waals surface area contributed by atoms with Gasteiger partial charge in [0.2, 0.25) is 0 Å². The van der Waals surface area contributed by atoms with E-state index in [0.29, 0.717) is 18.4 Å². The SMILES string of the molecule is CCCCCCCCc1ccc(-c2ccc(C(=O)OCCC(CCCC)C(F)(F)F)cc2)nc1.